The number of rotatable bonds is 3. The predicted molar refractivity (Wildman–Crippen MR) is 84.5 cm³/mol. The number of nitrogens with zero attached hydrogens (tertiary/aromatic N) is 3. The summed E-state index contributed by atoms with van der Waals surface area (Å²) in [6, 6.07) is 11.2. The van der Waals surface area contributed by atoms with Crippen molar-refractivity contribution in [3.63, 3.8) is 0 Å². The molecule has 0 aliphatic heterocycles. The lowest BCUT2D eigenvalue weighted by molar-refractivity contribution is 0.101. The molecule has 1 aromatic carbocycles. The molecule has 3 rings (SSSR count). The SMILES string of the molecule is CCn1ccc2ccc(N(Cl)C(=O)c3cccnc3)cc21. The maximum atomic E-state index is 12.3. The van der Waals surface area contributed by atoms with Crippen LogP contribution >= 0.6 is 11.8 Å². The van der Waals surface area contributed by atoms with Crippen LogP contribution in [0.3, 0.4) is 0 Å². The zero-order valence-electron chi connectivity index (χ0n) is 11.5. The Morgan fingerprint density at radius 3 is 2.90 bits per heavy atom. The van der Waals surface area contributed by atoms with E-state index in [-0.39, 0.29) is 5.91 Å². The molecule has 5 heteroatoms. The first-order valence-corrected chi connectivity index (χ1v) is 7.03. The second-order valence-corrected chi connectivity index (χ2v) is 5.01. The first-order valence-electron chi connectivity index (χ1n) is 6.70. The number of halogens is 1. The van der Waals surface area contributed by atoms with Crippen LogP contribution in [0.4, 0.5) is 5.69 Å². The van der Waals surface area contributed by atoms with Crippen LogP contribution in [0.25, 0.3) is 10.9 Å². The normalized spacial score (nSPS) is 10.8. The number of pyridine rings is 1. The number of carbonyl (C=O) groups excluding carboxylic acids is 1. The number of anilines is 1. The van der Waals surface area contributed by atoms with Gasteiger partial charge in [-0.1, -0.05) is 6.07 Å². The quantitative estimate of drug-likeness (QED) is 0.689. The van der Waals surface area contributed by atoms with Gasteiger partial charge >= 0.3 is 0 Å². The van der Waals surface area contributed by atoms with Gasteiger partial charge in [0, 0.05) is 36.9 Å². The highest BCUT2D eigenvalue weighted by molar-refractivity contribution is 6.39. The van der Waals surface area contributed by atoms with Crippen molar-refractivity contribution >= 4 is 34.3 Å². The fraction of sp³-hybridized carbons (Fsp3) is 0.125. The summed E-state index contributed by atoms with van der Waals surface area (Å²) in [5.74, 6) is -0.293. The van der Waals surface area contributed by atoms with Gasteiger partial charge in [-0.15, -0.1) is 0 Å². The molecule has 0 atom stereocenters. The Labute approximate surface area is 127 Å². The predicted octanol–water partition coefficient (Wildman–Crippen LogP) is 3.86. The number of carbonyl (C=O) groups is 1. The molecule has 3 aromatic rings. The van der Waals surface area contributed by atoms with Gasteiger partial charge in [-0.05, 0) is 42.6 Å². The Bertz CT molecular complexity index is 783. The van der Waals surface area contributed by atoms with E-state index < -0.39 is 0 Å². The fourth-order valence-corrected chi connectivity index (χ4v) is 2.49. The molecular formula is C16H14ClN3O. The molecule has 0 aliphatic carbocycles. The van der Waals surface area contributed by atoms with Crippen LogP contribution in [0, 0.1) is 0 Å². The zero-order chi connectivity index (χ0) is 14.8. The van der Waals surface area contributed by atoms with Crippen molar-refractivity contribution in [1.82, 2.24) is 9.55 Å². The molecule has 2 heterocycles. The van der Waals surface area contributed by atoms with Gasteiger partial charge in [-0.2, -0.15) is 0 Å². The van der Waals surface area contributed by atoms with E-state index in [4.69, 9.17) is 11.8 Å². The van der Waals surface area contributed by atoms with Crippen LogP contribution in [0.2, 0.25) is 0 Å². The number of hydrogen-bond acceptors (Lipinski definition) is 2. The first kappa shape index (κ1) is 13.6. The van der Waals surface area contributed by atoms with Crippen LogP contribution in [0.5, 0.6) is 0 Å². The molecule has 0 aliphatic rings. The van der Waals surface area contributed by atoms with E-state index in [1.54, 1.807) is 18.3 Å². The number of amides is 1. The van der Waals surface area contributed by atoms with E-state index >= 15 is 0 Å². The van der Waals surface area contributed by atoms with E-state index in [1.807, 2.05) is 30.5 Å². The number of hydrogen-bond donors (Lipinski definition) is 0. The smallest absolute Gasteiger partial charge is 0.274 e. The number of fused-ring (bicyclic) bond motifs is 1. The van der Waals surface area contributed by atoms with Crippen molar-refractivity contribution in [3.05, 3.63) is 60.6 Å². The third kappa shape index (κ3) is 2.50. The summed E-state index contributed by atoms with van der Waals surface area (Å²) in [6.45, 7) is 2.94. The van der Waals surface area contributed by atoms with E-state index in [1.165, 1.54) is 6.20 Å². The van der Waals surface area contributed by atoms with Crippen LogP contribution < -0.4 is 4.42 Å². The lowest BCUT2D eigenvalue weighted by atomic mass is 10.2. The molecule has 0 saturated carbocycles. The van der Waals surface area contributed by atoms with Gasteiger partial charge in [0.1, 0.15) is 0 Å². The molecule has 0 N–H and O–H groups in total. The largest absolute Gasteiger partial charge is 0.348 e. The molecule has 21 heavy (non-hydrogen) atoms. The van der Waals surface area contributed by atoms with Crippen LogP contribution in [-0.4, -0.2) is 15.5 Å². The summed E-state index contributed by atoms with van der Waals surface area (Å²) >= 11 is 6.20. The number of benzene rings is 1. The van der Waals surface area contributed by atoms with Crippen molar-refractivity contribution in [1.29, 1.82) is 0 Å². The average molecular weight is 300 g/mol. The molecule has 106 valence electrons. The van der Waals surface area contributed by atoms with Gasteiger partial charge in [-0.25, -0.2) is 4.42 Å². The summed E-state index contributed by atoms with van der Waals surface area (Å²) in [6.07, 6.45) is 5.15. The minimum atomic E-state index is -0.293. The van der Waals surface area contributed by atoms with Crippen LogP contribution in [0.15, 0.2) is 55.0 Å². The van der Waals surface area contributed by atoms with Gasteiger partial charge < -0.3 is 4.57 Å². The molecule has 2 aromatic heterocycles. The highest BCUT2D eigenvalue weighted by atomic mass is 35.5. The van der Waals surface area contributed by atoms with Crippen molar-refractivity contribution in [3.8, 4) is 0 Å². The minimum absolute atomic E-state index is 0.293. The van der Waals surface area contributed by atoms with Gasteiger partial charge in [0.15, 0.2) is 0 Å². The lowest BCUT2D eigenvalue weighted by Gasteiger charge is -2.14. The fourth-order valence-electron chi connectivity index (χ4n) is 2.29. The molecule has 4 nitrogen and oxygen atoms in total. The molecule has 0 unspecified atom stereocenters. The third-order valence-corrected chi connectivity index (χ3v) is 3.76. The Morgan fingerprint density at radius 1 is 1.33 bits per heavy atom. The zero-order valence-corrected chi connectivity index (χ0v) is 12.3. The summed E-state index contributed by atoms with van der Waals surface area (Å²) in [7, 11) is 0. The van der Waals surface area contributed by atoms with Crippen molar-refractivity contribution in [2.45, 2.75) is 13.5 Å². The van der Waals surface area contributed by atoms with E-state index in [2.05, 4.69) is 16.5 Å². The first-order chi connectivity index (χ1) is 10.2. The topological polar surface area (TPSA) is 38.1 Å². The Hall–Kier alpha value is -2.33. The molecule has 0 radical (unpaired) electrons. The van der Waals surface area contributed by atoms with Gasteiger partial charge in [0.05, 0.1) is 16.8 Å². The van der Waals surface area contributed by atoms with Crippen molar-refractivity contribution < 1.29 is 4.79 Å². The van der Waals surface area contributed by atoms with Crippen molar-refractivity contribution in [2.75, 3.05) is 4.42 Å². The Kier molecular flexibility index (Phi) is 3.62. The molecule has 1 amide bonds. The lowest BCUT2D eigenvalue weighted by Crippen LogP contribution is -2.20. The maximum Gasteiger partial charge on any atom is 0.274 e. The number of aryl methyl sites for hydroxylation is 1. The second-order valence-electron chi connectivity index (χ2n) is 4.67. The van der Waals surface area contributed by atoms with E-state index in [0.29, 0.717) is 11.3 Å². The molecule has 0 bridgehead atoms. The highest BCUT2D eigenvalue weighted by Crippen LogP contribution is 2.25. The molecule has 0 saturated heterocycles. The summed E-state index contributed by atoms with van der Waals surface area (Å²) in [5, 5.41) is 1.12. The average Bonchev–Trinajstić information content (AvgIpc) is 2.96. The maximum absolute atomic E-state index is 12.3. The monoisotopic (exact) mass is 299 g/mol. The summed E-state index contributed by atoms with van der Waals surface area (Å²) in [4.78, 5) is 16.3. The van der Waals surface area contributed by atoms with Crippen molar-refractivity contribution in [2.24, 2.45) is 0 Å². The van der Waals surface area contributed by atoms with E-state index in [0.717, 1.165) is 21.9 Å². The van der Waals surface area contributed by atoms with Gasteiger partial charge in [0.2, 0.25) is 0 Å². The highest BCUT2D eigenvalue weighted by Gasteiger charge is 2.16. The molecular weight excluding hydrogens is 286 g/mol. The van der Waals surface area contributed by atoms with Crippen LogP contribution in [0.1, 0.15) is 17.3 Å². The standard InChI is InChI=1S/C16H14ClN3O/c1-2-19-9-7-12-5-6-14(10-15(12)19)20(17)16(21)13-4-3-8-18-11-13/h3-11H,2H2,1H3. The number of aromatic nitrogens is 2. The molecule has 0 fully saturated rings. The minimum Gasteiger partial charge on any atom is -0.348 e. The van der Waals surface area contributed by atoms with Crippen LogP contribution in [-0.2, 0) is 6.54 Å². The van der Waals surface area contributed by atoms with Gasteiger partial charge in [0.25, 0.3) is 5.91 Å². The Morgan fingerprint density at radius 2 is 2.19 bits per heavy atom. The van der Waals surface area contributed by atoms with Gasteiger partial charge in [-0.3, -0.25) is 9.78 Å². The second kappa shape index (κ2) is 5.58. The molecule has 0 spiro atoms. The summed E-state index contributed by atoms with van der Waals surface area (Å²) in [5.41, 5.74) is 2.16. The third-order valence-electron chi connectivity index (χ3n) is 3.41. The Balaban J connectivity index is 1.97. The summed E-state index contributed by atoms with van der Waals surface area (Å²) < 4.78 is 3.24. The van der Waals surface area contributed by atoms with E-state index in [9.17, 15) is 4.79 Å².